The first-order chi connectivity index (χ1) is 16.7. The van der Waals surface area contributed by atoms with Crippen molar-refractivity contribution in [2.75, 3.05) is 18.0 Å². The smallest absolute Gasteiger partial charge is 0.149 e. The number of rotatable bonds is 6. The van der Waals surface area contributed by atoms with Crippen LogP contribution in [0.5, 0.6) is 0 Å². The summed E-state index contributed by atoms with van der Waals surface area (Å²) in [4.78, 5) is 10.8. The topological polar surface area (TPSA) is 75.3 Å². The van der Waals surface area contributed by atoms with Crippen LogP contribution in [0, 0.1) is 23.4 Å². The van der Waals surface area contributed by atoms with Gasteiger partial charge in [-0.1, -0.05) is 6.92 Å². The lowest BCUT2D eigenvalue weighted by Gasteiger charge is -2.37. The van der Waals surface area contributed by atoms with Gasteiger partial charge in [-0.3, -0.25) is 4.98 Å². The Balaban J connectivity index is 1.39. The van der Waals surface area contributed by atoms with Crippen molar-refractivity contribution in [2.45, 2.75) is 50.7 Å². The van der Waals surface area contributed by atoms with Crippen LogP contribution in [0.1, 0.15) is 43.0 Å². The molecule has 5 rings (SSSR count). The predicted octanol–water partition coefficient (Wildman–Crippen LogP) is 4.50. The largest absolute Gasteiger partial charge is 0.385 e. The highest BCUT2D eigenvalue weighted by Gasteiger charge is 2.43. The summed E-state index contributed by atoms with van der Waals surface area (Å²) in [6.07, 6.45) is 6.49. The Bertz CT molecular complexity index is 1210. The van der Waals surface area contributed by atoms with Crippen LogP contribution in [0.15, 0.2) is 42.7 Å². The SMILES string of the molecule is C[C@@H]1C[C@H](N)CN(c2ccncc2CCc2ccc(F)c(-c3c(F)cc(C4(O)CC4)cc3F)n2)C1. The van der Waals surface area contributed by atoms with Gasteiger partial charge in [0.05, 0.1) is 11.2 Å². The molecule has 0 unspecified atom stereocenters. The zero-order chi connectivity index (χ0) is 24.7. The maximum absolute atomic E-state index is 14.9. The lowest BCUT2D eigenvalue weighted by atomic mass is 9.95. The summed E-state index contributed by atoms with van der Waals surface area (Å²) in [7, 11) is 0. The first-order valence-electron chi connectivity index (χ1n) is 12.0. The van der Waals surface area contributed by atoms with Crippen molar-refractivity contribution in [3.8, 4) is 11.3 Å². The normalized spacial score (nSPS) is 21.3. The fourth-order valence-electron chi connectivity index (χ4n) is 5.05. The van der Waals surface area contributed by atoms with Crippen molar-refractivity contribution in [3.05, 3.63) is 77.0 Å². The van der Waals surface area contributed by atoms with E-state index in [0.29, 0.717) is 37.3 Å². The van der Waals surface area contributed by atoms with Gasteiger partial charge in [0, 0.05) is 42.9 Å². The predicted molar refractivity (Wildman–Crippen MR) is 128 cm³/mol. The highest BCUT2D eigenvalue weighted by molar-refractivity contribution is 5.63. The van der Waals surface area contributed by atoms with Crippen LogP contribution >= 0.6 is 0 Å². The quantitative estimate of drug-likeness (QED) is 0.541. The highest BCUT2D eigenvalue weighted by Crippen LogP contribution is 2.46. The Morgan fingerprint density at radius 3 is 2.49 bits per heavy atom. The van der Waals surface area contributed by atoms with E-state index < -0.39 is 28.6 Å². The molecule has 5 nitrogen and oxygen atoms in total. The maximum Gasteiger partial charge on any atom is 0.149 e. The fourth-order valence-corrected chi connectivity index (χ4v) is 5.05. The van der Waals surface area contributed by atoms with Gasteiger partial charge >= 0.3 is 0 Å². The highest BCUT2D eigenvalue weighted by atomic mass is 19.1. The average molecular weight is 483 g/mol. The van der Waals surface area contributed by atoms with E-state index in [0.717, 1.165) is 42.9 Å². The molecule has 35 heavy (non-hydrogen) atoms. The Kier molecular flexibility index (Phi) is 6.27. The van der Waals surface area contributed by atoms with E-state index in [1.165, 1.54) is 12.1 Å². The van der Waals surface area contributed by atoms with Crippen LogP contribution in [0.4, 0.5) is 18.9 Å². The van der Waals surface area contributed by atoms with E-state index in [9.17, 15) is 18.3 Å². The number of nitrogens with two attached hydrogens (primary N) is 1. The van der Waals surface area contributed by atoms with E-state index in [2.05, 4.69) is 21.8 Å². The molecule has 0 spiro atoms. The number of hydrogen-bond acceptors (Lipinski definition) is 5. The minimum atomic E-state index is -1.19. The van der Waals surface area contributed by atoms with Crippen LogP contribution in [0.25, 0.3) is 11.3 Å². The molecule has 1 saturated heterocycles. The minimum absolute atomic E-state index is 0.109. The Labute approximate surface area is 202 Å². The number of pyridine rings is 2. The summed E-state index contributed by atoms with van der Waals surface area (Å²) in [6, 6.07) is 6.96. The zero-order valence-electron chi connectivity index (χ0n) is 19.6. The molecule has 3 N–H and O–H groups in total. The van der Waals surface area contributed by atoms with Gasteiger partial charge in [-0.05, 0) is 79.5 Å². The number of benzene rings is 1. The van der Waals surface area contributed by atoms with Gasteiger partial charge in [-0.25, -0.2) is 18.2 Å². The van der Waals surface area contributed by atoms with Gasteiger partial charge in [-0.2, -0.15) is 0 Å². The number of piperidine rings is 1. The molecule has 184 valence electrons. The Hall–Kier alpha value is -2.97. The number of aliphatic hydroxyl groups is 1. The molecule has 2 fully saturated rings. The average Bonchev–Trinajstić information content (AvgIpc) is 3.57. The third-order valence-corrected chi connectivity index (χ3v) is 7.00. The summed E-state index contributed by atoms with van der Waals surface area (Å²) < 4.78 is 44.3. The fraction of sp³-hybridized carbons (Fsp3) is 0.407. The van der Waals surface area contributed by atoms with E-state index in [-0.39, 0.29) is 17.3 Å². The second-order valence-corrected chi connectivity index (χ2v) is 9.99. The van der Waals surface area contributed by atoms with E-state index in [4.69, 9.17) is 5.73 Å². The van der Waals surface area contributed by atoms with Crippen molar-refractivity contribution in [1.29, 1.82) is 0 Å². The number of aryl methyl sites for hydroxylation is 2. The van der Waals surface area contributed by atoms with Crippen molar-refractivity contribution < 1.29 is 18.3 Å². The third-order valence-electron chi connectivity index (χ3n) is 7.00. The molecule has 1 aromatic carbocycles. The second kappa shape index (κ2) is 9.24. The van der Waals surface area contributed by atoms with E-state index >= 15 is 0 Å². The molecule has 1 saturated carbocycles. The van der Waals surface area contributed by atoms with Crippen LogP contribution < -0.4 is 10.6 Å². The molecular weight excluding hydrogens is 453 g/mol. The van der Waals surface area contributed by atoms with Crippen LogP contribution in [-0.4, -0.2) is 34.2 Å². The zero-order valence-corrected chi connectivity index (χ0v) is 19.6. The van der Waals surface area contributed by atoms with Crippen molar-refractivity contribution >= 4 is 5.69 Å². The molecule has 0 amide bonds. The number of aromatic nitrogens is 2. The summed E-state index contributed by atoms with van der Waals surface area (Å²) in [6.45, 7) is 3.87. The molecule has 1 aliphatic heterocycles. The Morgan fingerprint density at radius 1 is 1.06 bits per heavy atom. The van der Waals surface area contributed by atoms with E-state index in [1.807, 2.05) is 12.3 Å². The molecule has 0 bridgehead atoms. The monoisotopic (exact) mass is 482 g/mol. The standard InChI is InChI=1S/C27H29F3N4O/c1-16-10-19(31)15-34(14-16)24-6-9-32-13-17(24)2-3-20-4-5-21(28)26(33-20)25-22(29)11-18(12-23(25)30)27(35)7-8-27/h4-6,9,11-13,16,19,35H,2-3,7-8,10,14-15,31H2,1H3/t16-,19+/m1/s1. The first-order valence-corrected chi connectivity index (χ1v) is 12.0. The number of nitrogens with zero attached hydrogens (tertiary/aromatic N) is 3. The van der Waals surface area contributed by atoms with Crippen LogP contribution in [-0.2, 0) is 18.4 Å². The van der Waals surface area contributed by atoms with Crippen molar-refractivity contribution in [2.24, 2.45) is 11.7 Å². The van der Waals surface area contributed by atoms with Gasteiger partial charge in [-0.15, -0.1) is 0 Å². The van der Waals surface area contributed by atoms with Gasteiger partial charge in [0.1, 0.15) is 23.1 Å². The minimum Gasteiger partial charge on any atom is -0.385 e. The second-order valence-electron chi connectivity index (χ2n) is 9.99. The first kappa shape index (κ1) is 23.8. The molecule has 2 atom stereocenters. The molecule has 1 aliphatic carbocycles. The molecule has 3 aromatic rings. The molecule has 2 aliphatic rings. The van der Waals surface area contributed by atoms with Crippen molar-refractivity contribution in [1.82, 2.24) is 9.97 Å². The molecule has 3 heterocycles. The lowest BCUT2D eigenvalue weighted by Crippen LogP contribution is -2.46. The van der Waals surface area contributed by atoms with Gasteiger partial charge in [0.25, 0.3) is 0 Å². The van der Waals surface area contributed by atoms with Gasteiger partial charge < -0.3 is 15.7 Å². The number of halogens is 3. The lowest BCUT2D eigenvalue weighted by molar-refractivity contribution is 0.150. The summed E-state index contributed by atoms with van der Waals surface area (Å²) in [5, 5.41) is 10.2. The molecule has 2 aromatic heterocycles. The maximum atomic E-state index is 14.9. The van der Waals surface area contributed by atoms with Crippen LogP contribution in [0.2, 0.25) is 0 Å². The number of anilines is 1. The molecular formula is C27H29F3N4O. The summed E-state index contributed by atoms with van der Waals surface area (Å²) >= 11 is 0. The third kappa shape index (κ3) is 4.90. The summed E-state index contributed by atoms with van der Waals surface area (Å²) in [5.74, 6) is -2.19. The van der Waals surface area contributed by atoms with Crippen LogP contribution in [0.3, 0.4) is 0 Å². The van der Waals surface area contributed by atoms with Crippen molar-refractivity contribution in [3.63, 3.8) is 0 Å². The van der Waals surface area contributed by atoms with Gasteiger partial charge in [0.15, 0.2) is 0 Å². The summed E-state index contributed by atoms with van der Waals surface area (Å²) in [5.41, 5.74) is 6.93. The van der Waals surface area contributed by atoms with E-state index in [1.54, 1.807) is 6.20 Å². The molecule has 0 radical (unpaired) electrons. The van der Waals surface area contributed by atoms with Gasteiger partial charge in [0.2, 0.25) is 0 Å². The number of hydrogen-bond donors (Lipinski definition) is 2. The Morgan fingerprint density at radius 2 is 1.80 bits per heavy atom. The molecule has 8 heteroatoms.